The Morgan fingerprint density at radius 1 is 1.19 bits per heavy atom. The summed E-state index contributed by atoms with van der Waals surface area (Å²) in [5.41, 5.74) is 2.25. The van der Waals surface area contributed by atoms with E-state index in [1.54, 1.807) is 4.31 Å². The van der Waals surface area contributed by atoms with Gasteiger partial charge in [0, 0.05) is 12.6 Å². The van der Waals surface area contributed by atoms with E-state index in [2.05, 4.69) is 6.07 Å². The Morgan fingerprint density at radius 2 is 1.95 bits per heavy atom. The van der Waals surface area contributed by atoms with E-state index in [0.29, 0.717) is 24.5 Å². The zero-order chi connectivity index (χ0) is 15.0. The molecule has 0 saturated carbocycles. The molecule has 21 heavy (non-hydrogen) atoms. The van der Waals surface area contributed by atoms with E-state index in [4.69, 9.17) is 4.74 Å². The minimum atomic E-state index is -3.40. The molecule has 0 amide bonds. The Balaban J connectivity index is 1.94. The molecule has 1 saturated heterocycles. The molecule has 1 aliphatic carbocycles. The summed E-state index contributed by atoms with van der Waals surface area (Å²) in [5, 5.41) is 0. The van der Waals surface area contributed by atoms with Crippen molar-refractivity contribution in [1.29, 1.82) is 0 Å². The monoisotopic (exact) mass is 307 g/mol. The number of hydrogen-bond acceptors (Lipinski definition) is 3. The summed E-state index contributed by atoms with van der Waals surface area (Å²) in [6.07, 6.45) is 3.15. The average Bonchev–Trinajstić information content (AvgIpc) is 2.49. The van der Waals surface area contributed by atoms with Crippen LogP contribution in [0.4, 0.5) is 0 Å². The van der Waals surface area contributed by atoms with Gasteiger partial charge in [-0.25, -0.2) is 8.42 Å². The second-order valence-electron chi connectivity index (χ2n) is 5.88. The number of rotatable bonds is 2. The van der Waals surface area contributed by atoms with Crippen LogP contribution in [0.2, 0.25) is 0 Å². The first-order chi connectivity index (χ1) is 9.98. The smallest absolute Gasteiger partial charge is 0.239 e. The van der Waals surface area contributed by atoms with E-state index in [-0.39, 0.29) is 12.1 Å². The Bertz CT molecular complexity index is 666. The molecule has 1 aromatic rings. The van der Waals surface area contributed by atoms with Crippen molar-refractivity contribution in [2.45, 2.75) is 38.8 Å². The number of sulfonamides is 1. The number of aryl methyl sites for hydroxylation is 1. The van der Waals surface area contributed by atoms with Crippen molar-refractivity contribution in [1.82, 2.24) is 4.31 Å². The third kappa shape index (κ3) is 2.78. The number of ether oxygens (including phenoxy) is 1. The lowest BCUT2D eigenvalue weighted by Gasteiger charge is -2.36. The lowest BCUT2D eigenvalue weighted by molar-refractivity contribution is -0.0167. The SMILES string of the molecule is CC1CN(S(=O)(=O)C2=Cc3ccccc3CC2)C(C)CO1. The van der Waals surface area contributed by atoms with E-state index in [1.807, 2.05) is 38.1 Å². The van der Waals surface area contributed by atoms with Crippen molar-refractivity contribution in [3.8, 4) is 0 Å². The predicted octanol–water partition coefficient (Wildman–Crippen LogP) is 2.41. The molecule has 0 aromatic heterocycles. The molecule has 3 rings (SSSR count). The fourth-order valence-corrected chi connectivity index (χ4v) is 4.85. The van der Waals surface area contributed by atoms with Gasteiger partial charge < -0.3 is 4.74 Å². The Labute approximate surface area is 126 Å². The molecule has 0 radical (unpaired) electrons. The van der Waals surface area contributed by atoms with Crippen molar-refractivity contribution in [3.63, 3.8) is 0 Å². The van der Waals surface area contributed by atoms with Crippen LogP contribution in [0.15, 0.2) is 29.2 Å². The predicted molar refractivity (Wildman–Crippen MR) is 83.2 cm³/mol. The standard InChI is InChI=1S/C16H21NO3S/c1-12-11-20-13(2)10-17(12)21(18,19)16-8-7-14-5-3-4-6-15(14)9-16/h3-6,9,12-13H,7-8,10-11H2,1-2H3. The van der Waals surface area contributed by atoms with Gasteiger partial charge in [-0.15, -0.1) is 0 Å². The molecular weight excluding hydrogens is 286 g/mol. The van der Waals surface area contributed by atoms with Crippen molar-refractivity contribution in [2.24, 2.45) is 0 Å². The topological polar surface area (TPSA) is 46.6 Å². The Morgan fingerprint density at radius 3 is 2.76 bits per heavy atom. The van der Waals surface area contributed by atoms with Crippen LogP contribution in [0.3, 0.4) is 0 Å². The highest BCUT2D eigenvalue weighted by molar-refractivity contribution is 7.93. The highest BCUT2D eigenvalue weighted by atomic mass is 32.2. The van der Waals surface area contributed by atoms with Gasteiger partial charge in [0.25, 0.3) is 0 Å². The number of fused-ring (bicyclic) bond motifs is 1. The molecule has 1 aromatic carbocycles. The van der Waals surface area contributed by atoms with Crippen LogP contribution in [0.5, 0.6) is 0 Å². The number of morpholine rings is 1. The molecule has 0 spiro atoms. The van der Waals surface area contributed by atoms with Gasteiger partial charge in [0.05, 0.1) is 17.6 Å². The molecule has 0 bridgehead atoms. The lowest BCUT2D eigenvalue weighted by atomic mass is 9.98. The largest absolute Gasteiger partial charge is 0.375 e. The molecule has 2 unspecified atom stereocenters. The van der Waals surface area contributed by atoms with Gasteiger partial charge in [-0.2, -0.15) is 4.31 Å². The fraction of sp³-hybridized carbons (Fsp3) is 0.500. The van der Waals surface area contributed by atoms with Crippen LogP contribution >= 0.6 is 0 Å². The van der Waals surface area contributed by atoms with Gasteiger partial charge in [-0.05, 0) is 43.9 Å². The number of benzene rings is 1. The number of nitrogens with zero attached hydrogens (tertiary/aromatic N) is 1. The quantitative estimate of drug-likeness (QED) is 0.843. The van der Waals surface area contributed by atoms with Crippen LogP contribution in [-0.2, 0) is 21.2 Å². The highest BCUT2D eigenvalue weighted by Gasteiger charge is 2.35. The summed E-state index contributed by atoms with van der Waals surface area (Å²) in [4.78, 5) is 0.530. The van der Waals surface area contributed by atoms with Crippen molar-refractivity contribution < 1.29 is 13.2 Å². The minimum absolute atomic E-state index is 0.0487. The summed E-state index contributed by atoms with van der Waals surface area (Å²) in [5.74, 6) is 0. The molecule has 114 valence electrons. The number of allylic oxidation sites excluding steroid dienone is 1. The number of hydrogen-bond donors (Lipinski definition) is 0. The first kappa shape index (κ1) is 14.8. The first-order valence-corrected chi connectivity index (χ1v) is 8.84. The molecular formula is C16H21NO3S. The zero-order valence-corrected chi connectivity index (χ0v) is 13.3. The van der Waals surface area contributed by atoms with Gasteiger partial charge in [0.15, 0.2) is 0 Å². The molecule has 5 heteroatoms. The molecule has 1 aliphatic heterocycles. The maximum absolute atomic E-state index is 12.9. The van der Waals surface area contributed by atoms with Crippen LogP contribution in [-0.4, -0.2) is 38.0 Å². The molecule has 1 fully saturated rings. The maximum atomic E-state index is 12.9. The van der Waals surface area contributed by atoms with Gasteiger partial charge >= 0.3 is 0 Å². The minimum Gasteiger partial charge on any atom is -0.375 e. The average molecular weight is 307 g/mol. The second-order valence-corrected chi connectivity index (χ2v) is 7.82. The van der Waals surface area contributed by atoms with Crippen LogP contribution < -0.4 is 0 Å². The molecule has 0 N–H and O–H groups in total. The van der Waals surface area contributed by atoms with Crippen LogP contribution in [0.25, 0.3) is 6.08 Å². The van der Waals surface area contributed by atoms with E-state index >= 15 is 0 Å². The summed E-state index contributed by atoms with van der Waals surface area (Å²) >= 11 is 0. The Kier molecular flexibility index (Phi) is 3.90. The Hall–Kier alpha value is -1.17. The summed E-state index contributed by atoms with van der Waals surface area (Å²) in [6, 6.07) is 7.89. The zero-order valence-electron chi connectivity index (χ0n) is 12.5. The molecule has 2 aliphatic rings. The highest BCUT2D eigenvalue weighted by Crippen LogP contribution is 2.30. The van der Waals surface area contributed by atoms with Gasteiger partial charge in [-0.3, -0.25) is 0 Å². The third-order valence-electron chi connectivity index (χ3n) is 4.20. The van der Waals surface area contributed by atoms with E-state index in [1.165, 1.54) is 5.56 Å². The van der Waals surface area contributed by atoms with Crippen molar-refractivity contribution in [2.75, 3.05) is 13.2 Å². The lowest BCUT2D eigenvalue weighted by Crippen LogP contribution is -2.50. The molecule has 1 heterocycles. The summed E-state index contributed by atoms with van der Waals surface area (Å²) in [7, 11) is -3.40. The fourth-order valence-electron chi connectivity index (χ4n) is 2.97. The normalized spacial score (nSPS) is 27.0. The first-order valence-electron chi connectivity index (χ1n) is 7.40. The van der Waals surface area contributed by atoms with Crippen molar-refractivity contribution >= 4 is 16.1 Å². The van der Waals surface area contributed by atoms with Crippen molar-refractivity contribution in [3.05, 3.63) is 40.3 Å². The van der Waals surface area contributed by atoms with Crippen LogP contribution in [0.1, 0.15) is 31.4 Å². The van der Waals surface area contributed by atoms with Gasteiger partial charge in [0.1, 0.15) is 0 Å². The summed E-state index contributed by atoms with van der Waals surface area (Å²) < 4.78 is 32.9. The van der Waals surface area contributed by atoms with E-state index in [9.17, 15) is 8.42 Å². The van der Waals surface area contributed by atoms with Gasteiger partial charge in [0.2, 0.25) is 10.0 Å². The molecule has 2 atom stereocenters. The van der Waals surface area contributed by atoms with E-state index < -0.39 is 10.0 Å². The third-order valence-corrected chi connectivity index (χ3v) is 6.31. The maximum Gasteiger partial charge on any atom is 0.239 e. The molecule has 4 nitrogen and oxygen atoms in total. The second kappa shape index (κ2) is 5.55. The summed E-state index contributed by atoms with van der Waals surface area (Å²) in [6.45, 7) is 4.71. The van der Waals surface area contributed by atoms with Gasteiger partial charge in [-0.1, -0.05) is 24.3 Å². The van der Waals surface area contributed by atoms with E-state index in [0.717, 1.165) is 12.0 Å². The van der Waals surface area contributed by atoms with Crippen LogP contribution in [0, 0.1) is 0 Å².